The van der Waals surface area contributed by atoms with E-state index in [0.29, 0.717) is 22.7 Å². The normalized spacial score (nSPS) is 15.7. The number of benzene rings is 3. The maximum Gasteiger partial charge on any atom is 0.256 e. The van der Waals surface area contributed by atoms with Crippen LogP contribution in [0.5, 0.6) is 0 Å². The number of carbonyl (C=O) groups is 1. The fourth-order valence-electron chi connectivity index (χ4n) is 4.66. The van der Waals surface area contributed by atoms with Gasteiger partial charge in [0, 0.05) is 12.4 Å². The number of para-hydroxylation sites is 1. The van der Waals surface area contributed by atoms with Crippen LogP contribution in [-0.2, 0) is 0 Å². The minimum atomic E-state index is -0.517. The molecule has 4 nitrogen and oxygen atoms in total. The predicted octanol–water partition coefficient (Wildman–Crippen LogP) is 6.39. The van der Waals surface area contributed by atoms with Crippen LogP contribution in [0, 0.1) is 5.82 Å². The van der Waals surface area contributed by atoms with Crippen molar-refractivity contribution < 1.29 is 9.18 Å². The molecule has 0 aliphatic carbocycles. The van der Waals surface area contributed by atoms with E-state index in [0.717, 1.165) is 33.3 Å². The summed E-state index contributed by atoms with van der Waals surface area (Å²) in [7, 11) is 1.29. The SMILES string of the molecule is CCC1c2nc3ccc(-c4ccc(P(C)C)c(F)c4)cc3n2-c2c(Cl)cccc2C(=O)N1C. The van der Waals surface area contributed by atoms with Crippen molar-refractivity contribution in [3.63, 3.8) is 0 Å². The third-order valence-electron chi connectivity index (χ3n) is 6.36. The van der Waals surface area contributed by atoms with E-state index in [-0.39, 0.29) is 17.8 Å². The molecule has 0 fully saturated rings. The Balaban J connectivity index is 1.79. The number of hydrogen-bond donors (Lipinski definition) is 0. The van der Waals surface area contributed by atoms with Crippen molar-refractivity contribution in [3.8, 4) is 16.8 Å². The van der Waals surface area contributed by atoms with Gasteiger partial charge in [-0.25, -0.2) is 9.37 Å². The predicted molar refractivity (Wildman–Crippen MR) is 135 cm³/mol. The number of carbonyl (C=O) groups excluding carboxylic acids is 1. The van der Waals surface area contributed by atoms with Crippen molar-refractivity contribution in [3.05, 3.63) is 76.8 Å². The number of halogens is 2. The van der Waals surface area contributed by atoms with E-state index in [1.54, 1.807) is 29.2 Å². The van der Waals surface area contributed by atoms with E-state index < -0.39 is 7.92 Å². The maximum absolute atomic E-state index is 14.7. The summed E-state index contributed by atoms with van der Waals surface area (Å²) in [6.07, 6.45) is 0.716. The minimum absolute atomic E-state index is 0.0811. The van der Waals surface area contributed by atoms with Gasteiger partial charge in [-0.05, 0) is 61.2 Å². The first-order chi connectivity index (χ1) is 15.8. The molecule has 0 saturated carbocycles. The molecule has 1 unspecified atom stereocenters. The summed E-state index contributed by atoms with van der Waals surface area (Å²) in [5.74, 6) is 0.515. The Labute approximate surface area is 198 Å². The lowest BCUT2D eigenvalue weighted by molar-refractivity contribution is 0.0726. The van der Waals surface area contributed by atoms with Gasteiger partial charge in [0.1, 0.15) is 11.6 Å². The molecule has 2 heterocycles. The largest absolute Gasteiger partial charge is 0.331 e. The topological polar surface area (TPSA) is 38.1 Å². The van der Waals surface area contributed by atoms with E-state index in [1.165, 1.54) is 0 Å². The molecule has 0 N–H and O–H groups in total. The number of amides is 1. The second kappa shape index (κ2) is 8.23. The molecule has 5 rings (SSSR count). The van der Waals surface area contributed by atoms with Crippen LogP contribution in [0.25, 0.3) is 27.8 Å². The number of imidazole rings is 1. The van der Waals surface area contributed by atoms with Crippen molar-refractivity contribution in [1.82, 2.24) is 14.5 Å². The molecular formula is C26H24ClFN3OP. The molecule has 0 bridgehead atoms. The van der Waals surface area contributed by atoms with Crippen molar-refractivity contribution >= 4 is 41.8 Å². The van der Waals surface area contributed by atoms with Gasteiger partial charge in [-0.3, -0.25) is 9.36 Å². The Morgan fingerprint density at radius 1 is 1.09 bits per heavy atom. The van der Waals surface area contributed by atoms with Gasteiger partial charge >= 0.3 is 0 Å². The highest BCUT2D eigenvalue weighted by atomic mass is 35.5. The lowest BCUT2D eigenvalue weighted by Gasteiger charge is -2.24. The van der Waals surface area contributed by atoms with E-state index in [1.807, 2.05) is 62.2 Å². The Hall–Kier alpha value is -2.75. The van der Waals surface area contributed by atoms with Crippen molar-refractivity contribution in [1.29, 1.82) is 0 Å². The van der Waals surface area contributed by atoms with Crippen LogP contribution in [0.1, 0.15) is 35.6 Å². The second-order valence-corrected chi connectivity index (χ2v) is 11.2. The molecule has 33 heavy (non-hydrogen) atoms. The summed E-state index contributed by atoms with van der Waals surface area (Å²) >= 11 is 6.66. The van der Waals surface area contributed by atoms with E-state index in [9.17, 15) is 9.18 Å². The summed E-state index contributed by atoms with van der Waals surface area (Å²) in [6.45, 7) is 6.14. The van der Waals surface area contributed by atoms with Gasteiger partial charge < -0.3 is 4.90 Å². The molecule has 1 aliphatic rings. The van der Waals surface area contributed by atoms with Crippen molar-refractivity contribution in [2.24, 2.45) is 0 Å². The quantitative estimate of drug-likeness (QED) is 0.319. The highest BCUT2D eigenvalue weighted by molar-refractivity contribution is 7.64. The first-order valence-corrected chi connectivity index (χ1v) is 13.5. The van der Waals surface area contributed by atoms with E-state index in [4.69, 9.17) is 16.6 Å². The summed E-state index contributed by atoms with van der Waals surface area (Å²) in [5.41, 5.74) is 4.53. The number of nitrogens with zero attached hydrogens (tertiary/aromatic N) is 3. The molecule has 1 atom stereocenters. The zero-order valence-electron chi connectivity index (χ0n) is 18.9. The fourth-order valence-corrected chi connectivity index (χ4v) is 5.78. The van der Waals surface area contributed by atoms with Gasteiger partial charge in [0.25, 0.3) is 5.91 Å². The second-order valence-electron chi connectivity index (χ2n) is 8.55. The van der Waals surface area contributed by atoms with Gasteiger partial charge in [0.05, 0.1) is 33.3 Å². The molecule has 0 radical (unpaired) electrons. The molecule has 1 aliphatic heterocycles. The Bertz CT molecular complexity index is 1410. The van der Waals surface area contributed by atoms with Gasteiger partial charge in [-0.2, -0.15) is 0 Å². The number of rotatable bonds is 3. The molecule has 168 valence electrons. The molecule has 4 aromatic rings. The zero-order valence-corrected chi connectivity index (χ0v) is 20.6. The first-order valence-electron chi connectivity index (χ1n) is 10.9. The molecule has 0 saturated heterocycles. The standard InChI is InChI=1S/C26H24ClFN3OP/c1-5-21-25-29-20-11-9-16(15-10-12-23(33(3)4)19(28)13-15)14-22(20)31(25)24-17(26(32)30(21)2)7-6-8-18(24)27/h6-14,21H,5H2,1-4H3. The Kier molecular flexibility index (Phi) is 5.50. The number of aromatic nitrogens is 2. The van der Waals surface area contributed by atoms with Gasteiger partial charge in [0.15, 0.2) is 0 Å². The molecular weight excluding hydrogens is 456 g/mol. The highest BCUT2D eigenvalue weighted by Crippen LogP contribution is 2.39. The lowest BCUT2D eigenvalue weighted by atomic mass is 10.0. The number of fused-ring (bicyclic) bond motifs is 5. The fraction of sp³-hybridized carbons (Fsp3) is 0.231. The average molecular weight is 480 g/mol. The molecule has 0 spiro atoms. The van der Waals surface area contributed by atoms with E-state index >= 15 is 0 Å². The Morgan fingerprint density at radius 2 is 1.82 bits per heavy atom. The van der Waals surface area contributed by atoms with Gasteiger partial charge in [-0.15, -0.1) is 0 Å². The lowest BCUT2D eigenvalue weighted by Crippen LogP contribution is -2.30. The maximum atomic E-state index is 14.7. The minimum Gasteiger partial charge on any atom is -0.331 e. The first kappa shape index (κ1) is 22.1. The highest BCUT2D eigenvalue weighted by Gasteiger charge is 2.34. The molecule has 3 aromatic carbocycles. The average Bonchev–Trinajstić information content (AvgIpc) is 3.12. The Morgan fingerprint density at radius 3 is 2.52 bits per heavy atom. The summed E-state index contributed by atoms with van der Waals surface area (Å²) in [4.78, 5) is 19.9. The van der Waals surface area contributed by atoms with Gasteiger partial charge in [0.2, 0.25) is 0 Å². The van der Waals surface area contributed by atoms with Crippen molar-refractivity contribution in [2.45, 2.75) is 19.4 Å². The summed E-state index contributed by atoms with van der Waals surface area (Å²) in [5, 5.41) is 1.26. The molecule has 1 amide bonds. The van der Waals surface area contributed by atoms with Crippen LogP contribution in [0.2, 0.25) is 5.02 Å². The summed E-state index contributed by atoms with van der Waals surface area (Å²) < 4.78 is 16.7. The van der Waals surface area contributed by atoms with Crippen LogP contribution < -0.4 is 5.30 Å². The molecule has 1 aromatic heterocycles. The third-order valence-corrected chi connectivity index (χ3v) is 7.99. The van der Waals surface area contributed by atoms with Crippen LogP contribution >= 0.6 is 19.5 Å². The number of hydrogen-bond acceptors (Lipinski definition) is 2. The van der Waals surface area contributed by atoms with E-state index in [2.05, 4.69) is 0 Å². The van der Waals surface area contributed by atoms with Gasteiger partial charge in [-0.1, -0.05) is 50.7 Å². The van der Waals surface area contributed by atoms with Crippen LogP contribution in [0.4, 0.5) is 4.39 Å². The van der Waals surface area contributed by atoms with Crippen LogP contribution in [0.3, 0.4) is 0 Å². The summed E-state index contributed by atoms with van der Waals surface area (Å²) in [6, 6.07) is 16.6. The third kappa shape index (κ3) is 3.46. The monoisotopic (exact) mass is 479 g/mol. The smallest absolute Gasteiger partial charge is 0.256 e. The van der Waals surface area contributed by atoms with Crippen LogP contribution in [-0.4, -0.2) is 40.7 Å². The van der Waals surface area contributed by atoms with Crippen LogP contribution in [0.15, 0.2) is 54.6 Å². The molecule has 7 heteroatoms. The van der Waals surface area contributed by atoms with Crippen molar-refractivity contribution in [2.75, 3.05) is 20.4 Å². The zero-order chi connectivity index (χ0) is 23.4.